The van der Waals surface area contributed by atoms with E-state index in [0.29, 0.717) is 17.4 Å². The molecule has 29 heavy (non-hydrogen) atoms. The van der Waals surface area contributed by atoms with Crippen molar-refractivity contribution in [2.45, 2.75) is 50.9 Å². The number of carbonyl (C=O) groups excluding carboxylic acids is 1. The summed E-state index contributed by atoms with van der Waals surface area (Å²) in [6, 6.07) is 7.67. The van der Waals surface area contributed by atoms with Gasteiger partial charge in [-0.1, -0.05) is 60.5 Å². The molecule has 0 radical (unpaired) electrons. The molecule has 1 heterocycles. The molecular weight excluding hydrogens is 405 g/mol. The van der Waals surface area contributed by atoms with Gasteiger partial charge >= 0.3 is 0 Å². The van der Waals surface area contributed by atoms with Gasteiger partial charge in [-0.2, -0.15) is 0 Å². The van der Waals surface area contributed by atoms with Gasteiger partial charge in [-0.15, -0.1) is 6.58 Å². The summed E-state index contributed by atoms with van der Waals surface area (Å²) < 4.78 is 6.46. The molecular formula is C24H27Cl2NO2. The minimum absolute atomic E-state index is 0.0651. The Morgan fingerprint density at radius 2 is 2.14 bits per heavy atom. The lowest BCUT2D eigenvalue weighted by Gasteiger charge is -2.51. The first-order chi connectivity index (χ1) is 13.9. The number of morpholine rings is 1. The van der Waals surface area contributed by atoms with Crippen molar-refractivity contribution < 1.29 is 9.53 Å². The second-order valence-corrected chi connectivity index (χ2v) is 9.51. The minimum atomic E-state index is -0.512. The molecule has 4 atom stereocenters. The zero-order valence-corrected chi connectivity index (χ0v) is 18.2. The maximum atomic E-state index is 13.4. The van der Waals surface area contributed by atoms with Crippen LogP contribution in [0.25, 0.3) is 0 Å². The van der Waals surface area contributed by atoms with Crippen molar-refractivity contribution in [3.8, 4) is 0 Å². The highest BCUT2D eigenvalue weighted by atomic mass is 35.5. The average molecular weight is 432 g/mol. The van der Waals surface area contributed by atoms with E-state index in [2.05, 4.69) is 24.5 Å². The third-order valence-corrected chi connectivity index (χ3v) is 6.75. The van der Waals surface area contributed by atoms with Crippen molar-refractivity contribution >= 4 is 29.1 Å². The van der Waals surface area contributed by atoms with Gasteiger partial charge in [-0.3, -0.25) is 4.79 Å². The molecule has 1 saturated heterocycles. The first kappa shape index (κ1) is 20.7. The Balaban J connectivity index is 1.78. The van der Waals surface area contributed by atoms with Crippen molar-refractivity contribution in [3.05, 3.63) is 70.8 Å². The van der Waals surface area contributed by atoms with Crippen LogP contribution in [-0.2, 0) is 9.53 Å². The van der Waals surface area contributed by atoms with Gasteiger partial charge in [0.1, 0.15) is 12.2 Å². The van der Waals surface area contributed by atoms with Crippen LogP contribution in [-0.4, -0.2) is 29.5 Å². The molecule has 1 amide bonds. The molecule has 1 aliphatic heterocycles. The molecule has 0 N–H and O–H groups in total. The van der Waals surface area contributed by atoms with Gasteiger partial charge in [0.05, 0.1) is 6.04 Å². The van der Waals surface area contributed by atoms with Crippen molar-refractivity contribution in [2.24, 2.45) is 11.3 Å². The molecule has 5 heteroatoms. The Morgan fingerprint density at radius 1 is 1.34 bits per heavy atom. The number of amides is 1. The fourth-order valence-corrected chi connectivity index (χ4v) is 4.81. The number of benzene rings is 1. The molecule has 2 fully saturated rings. The maximum absolute atomic E-state index is 13.4. The van der Waals surface area contributed by atoms with E-state index in [9.17, 15) is 4.79 Å². The lowest BCUT2D eigenvalue weighted by molar-refractivity contribution is -0.182. The zero-order valence-electron chi connectivity index (χ0n) is 16.7. The van der Waals surface area contributed by atoms with Crippen LogP contribution in [0.3, 0.4) is 0 Å². The first-order valence-electron chi connectivity index (χ1n) is 10.3. The largest absolute Gasteiger partial charge is 0.358 e. The van der Waals surface area contributed by atoms with E-state index >= 15 is 0 Å². The quantitative estimate of drug-likeness (QED) is 0.512. The SMILES string of the molecule is C=CC[C@@H]1O[C@@H](c2cccc(Cl)c2)[C@@H](C2(C)C=CC(Cl)=CC2)N(CC2CC2)C1=O. The standard InChI is InChI=1S/C24H27Cl2NO2/c1-3-5-20-23(28)27(15-16-8-9-16)22(24(2)12-10-18(25)11-13-24)21(29-20)17-6-4-7-19(26)14-17/h3-4,6-7,10-12,14,16,20-22H,1,5,8-9,13,15H2,2H3/t20-,21-,22-,24?/m0/s1. The van der Waals surface area contributed by atoms with Crippen LogP contribution >= 0.6 is 23.2 Å². The van der Waals surface area contributed by atoms with Crippen LogP contribution in [0.5, 0.6) is 0 Å². The molecule has 1 aromatic carbocycles. The number of allylic oxidation sites excluding steroid dienone is 3. The highest BCUT2D eigenvalue weighted by Gasteiger charge is 2.51. The number of hydrogen-bond donors (Lipinski definition) is 0. The summed E-state index contributed by atoms with van der Waals surface area (Å²) in [7, 11) is 0. The van der Waals surface area contributed by atoms with Crippen LogP contribution in [0.4, 0.5) is 0 Å². The molecule has 0 aromatic heterocycles. The van der Waals surface area contributed by atoms with Crippen molar-refractivity contribution in [2.75, 3.05) is 6.54 Å². The van der Waals surface area contributed by atoms with Crippen LogP contribution in [0, 0.1) is 11.3 Å². The summed E-state index contributed by atoms with van der Waals surface area (Å²) in [6.45, 7) is 6.79. The molecule has 2 aliphatic carbocycles. The molecule has 0 bridgehead atoms. The number of ether oxygens (including phenoxy) is 1. The smallest absolute Gasteiger partial charge is 0.252 e. The zero-order chi connectivity index (χ0) is 20.6. The second-order valence-electron chi connectivity index (χ2n) is 8.64. The van der Waals surface area contributed by atoms with Crippen LogP contribution in [0.2, 0.25) is 5.02 Å². The predicted molar refractivity (Wildman–Crippen MR) is 118 cm³/mol. The molecule has 3 nitrogen and oxygen atoms in total. The Labute approximate surface area is 183 Å². The fourth-order valence-electron chi connectivity index (χ4n) is 4.47. The van der Waals surface area contributed by atoms with Crippen LogP contribution in [0.15, 0.2) is 60.2 Å². The lowest BCUT2D eigenvalue weighted by Crippen LogP contribution is -2.60. The summed E-state index contributed by atoms with van der Waals surface area (Å²) >= 11 is 12.5. The fraction of sp³-hybridized carbons (Fsp3) is 0.458. The maximum Gasteiger partial charge on any atom is 0.252 e. The summed E-state index contributed by atoms with van der Waals surface area (Å²) in [5.74, 6) is 0.648. The predicted octanol–water partition coefficient (Wildman–Crippen LogP) is 6.05. The van der Waals surface area contributed by atoms with Gasteiger partial charge in [-0.05, 0) is 49.0 Å². The number of carbonyl (C=O) groups is 1. The lowest BCUT2D eigenvalue weighted by atomic mass is 9.71. The van der Waals surface area contributed by atoms with E-state index in [4.69, 9.17) is 27.9 Å². The molecule has 4 rings (SSSR count). The highest BCUT2D eigenvalue weighted by Crippen LogP contribution is 2.48. The first-order valence-corrected chi connectivity index (χ1v) is 11.0. The average Bonchev–Trinajstić information content (AvgIpc) is 3.51. The van der Waals surface area contributed by atoms with Gasteiger partial charge < -0.3 is 9.64 Å². The molecule has 3 aliphatic rings. The summed E-state index contributed by atoms with van der Waals surface area (Å²) in [4.78, 5) is 15.5. The summed E-state index contributed by atoms with van der Waals surface area (Å²) in [5, 5.41) is 1.41. The second kappa shape index (κ2) is 8.29. The Kier molecular flexibility index (Phi) is 5.92. The highest BCUT2D eigenvalue weighted by molar-refractivity contribution is 6.31. The molecule has 1 unspecified atom stereocenters. The van der Waals surface area contributed by atoms with Crippen molar-refractivity contribution in [3.63, 3.8) is 0 Å². The third-order valence-electron chi connectivity index (χ3n) is 6.24. The molecule has 1 aromatic rings. The Hall–Kier alpha value is -1.55. The van der Waals surface area contributed by atoms with E-state index < -0.39 is 6.10 Å². The van der Waals surface area contributed by atoms with E-state index in [0.717, 1.165) is 23.6 Å². The van der Waals surface area contributed by atoms with E-state index in [-0.39, 0.29) is 23.5 Å². The monoisotopic (exact) mass is 431 g/mol. The third kappa shape index (κ3) is 4.33. The van der Waals surface area contributed by atoms with E-state index in [1.807, 2.05) is 36.4 Å². The van der Waals surface area contributed by atoms with Crippen LogP contribution < -0.4 is 0 Å². The number of rotatable bonds is 6. The summed E-state index contributed by atoms with van der Waals surface area (Å²) in [6.07, 6.45) is 10.7. The van der Waals surface area contributed by atoms with E-state index in [1.54, 1.807) is 6.08 Å². The van der Waals surface area contributed by atoms with Crippen molar-refractivity contribution in [1.82, 2.24) is 4.90 Å². The van der Waals surface area contributed by atoms with Crippen LogP contribution in [0.1, 0.15) is 44.3 Å². The minimum Gasteiger partial charge on any atom is -0.358 e. The summed E-state index contributed by atoms with van der Waals surface area (Å²) in [5.41, 5.74) is 0.717. The topological polar surface area (TPSA) is 29.5 Å². The molecule has 0 spiro atoms. The Morgan fingerprint density at radius 3 is 2.76 bits per heavy atom. The number of hydrogen-bond acceptors (Lipinski definition) is 2. The van der Waals surface area contributed by atoms with Gasteiger partial charge in [0, 0.05) is 28.4 Å². The Bertz CT molecular complexity index is 860. The number of halogens is 2. The molecule has 1 saturated carbocycles. The van der Waals surface area contributed by atoms with E-state index in [1.165, 1.54) is 12.8 Å². The van der Waals surface area contributed by atoms with Crippen molar-refractivity contribution in [1.29, 1.82) is 0 Å². The normalized spacial score (nSPS) is 32.2. The van der Waals surface area contributed by atoms with Gasteiger partial charge in [0.15, 0.2) is 0 Å². The van der Waals surface area contributed by atoms with Gasteiger partial charge in [0.25, 0.3) is 5.91 Å². The van der Waals surface area contributed by atoms with Gasteiger partial charge in [-0.25, -0.2) is 0 Å². The number of nitrogens with zero attached hydrogens (tertiary/aromatic N) is 1. The molecule has 154 valence electrons. The van der Waals surface area contributed by atoms with Gasteiger partial charge in [0.2, 0.25) is 0 Å².